The molecule has 21 heavy (non-hydrogen) atoms. The van der Waals surface area contributed by atoms with Gasteiger partial charge in [0, 0.05) is 11.5 Å². The van der Waals surface area contributed by atoms with Crippen LogP contribution >= 0.6 is 0 Å². The Morgan fingerprint density at radius 3 is 2.38 bits per heavy atom. The van der Waals surface area contributed by atoms with Crippen molar-refractivity contribution in [2.45, 2.75) is 39.2 Å². The van der Waals surface area contributed by atoms with E-state index in [4.69, 9.17) is 0 Å². The first-order valence-electron chi connectivity index (χ1n) is 7.53. The molecule has 0 aliphatic rings. The van der Waals surface area contributed by atoms with Crippen LogP contribution in [0.3, 0.4) is 0 Å². The van der Waals surface area contributed by atoms with Gasteiger partial charge in [-0.15, -0.1) is 0 Å². The fourth-order valence-corrected chi connectivity index (χ4v) is 2.83. The van der Waals surface area contributed by atoms with Gasteiger partial charge in [-0.2, -0.15) is 0 Å². The summed E-state index contributed by atoms with van der Waals surface area (Å²) in [7, 11) is 0. The van der Waals surface area contributed by atoms with Crippen LogP contribution in [0.4, 0.5) is 4.39 Å². The SMILES string of the molecule is CCC(C)C(c1ccccc1)C(O)c1cc(C)ccc1F. The molecule has 2 aromatic carbocycles. The monoisotopic (exact) mass is 286 g/mol. The lowest BCUT2D eigenvalue weighted by Gasteiger charge is -2.29. The Kier molecular flexibility index (Phi) is 5.13. The fraction of sp³-hybridized carbons (Fsp3) is 0.368. The molecule has 0 aliphatic heterocycles. The summed E-state index contributed by atoms with van der Waals surface area (Å²) in [6, 6.07) is 14.8. The minimum absolute atomic E-state index is 0.104. The number of aryl methyl sites for hydroxylation is 1. The standard InChI is InChI=1S/C19H23FO/c1-4-14(3)18(15-8-6-5-7-9-15)19(21)16-12-13(2)10-11-17(16)20/h5-12,14,18-19,21H,4H2,1-3H3. The summed E-state index contributed by atoms with van der Waals surface area (Å²) in [4.78, 5) is 0. The number of aliphatic hydroxyl groups is 1. The lowest BCUT2D eigenvalue weighted by atomic mass is 9.79. The van der Waals surface area contributed by atoms with Crippen LogP contribution in [0.5, 0.6) is 0 Å². The van der Waals surface area contributed by atoms with Crippen molar-refractivity contribution in [3.63, 3.8) is 0 Å². The second-order valence-electron chi connectivity index (χ2n) is 5.79. The van der Waals surface area contributed by atoms with Crippen LogP contribution in [0, 0.1) is 18.7 Å². The molecule has 3 unspecified atom stereocenters. The third kappa shape index (κ3) is 3.51. The quantitative estimate of drug-likeness (QED) is 0.820. The predicted molar refractivity (Wildman–Crippen MR) is 84.7 cm³/mol. The van der Waals surface area contributed by atoms with E-state index in [9.17, 15) is 9.50 Å². The van der Waals surface area contributed by atoms with Crippen LogP contribution in [-0.4, -0.2) is 5.11 Å². The van der Waals surface area contributed by atoms with Gasteiger partial charge in [0.05, 0.1) is 6.10 Å². The van der Waals surface area contributed by atoms with Crippen LogP contribution in [0.25, 0.3) is 0 Å². The van der Waals surface area contributed by atoms with Crippen LogP contribution in [-0.2, 0) is 0 Å². The second-order valence-corrected chi connectivity index (χ2v) is 5.79. The minimum atomic E-state index is -0.831. The smallest absolute Gasteiger partial charge is 0.129 e. The van der Waals surface area contributed by atoms with Crippen LogP contribution in [0.15, 0.2) is 48.5 Å². The molecule has 0 amide bonds. The molecular weight excluding hydrogens is 263 g/mol. The molecule has 0 heterocycles. The van der Waals surface area contributed by atoms with Crippen LogP contribution < -0.4 is 0 Å². The Hall–Kier alpha value is -1.67. The average Bonchev–Trinajstić information content (AvgIpc) is 2.50. The summed E-state index contributed by atoms with van der Waals surface area (Å²) < 4.78 is 14.1. The normalized spacial score (nSPS) is 15.5. The van der Waals surface area contributed by atoms with E-state index in [-0.39, 0.29) is 17.7 Å². The highest BCUT2D eigenvalue weighted by Crippen LogP contribution is 2.39. The zero-order valence-corrected chi connectivity index (χ0v) is 12.9. The fourth-order valence-electron chi connectivity index (χ4n) is 2.83. The van der Waals surface area contributed by atoms with Gasteiger partial charge in [0.2, 0.25) is 0 Å². The highest BCUT2D eigenvalue weighted by molar-refractivity contribution is 5.31. The van der Waals surface area contributed by atoms with Gasteiger partial charge in [0.15, 0.2) is 0 Å². The van der Waals surface area contributed by atoms with E-state index in [0.717, 1.165) is 17.5 Å². The molecule has 2 heteroatoms. The Morgan fingerprint density at radius 1 is 1.10 bits per heavy atom. The topological polar surface area (TPSA) is 20.2 Å². The second kappa shape index (κ2) is 6.86. The third-order valence-corrected chi connectivity index (χ3v) is 4.25. The number of hydrogen-bond acceptors (Lipinski definition) is 1. The van der Waals surface area contributed by atoms with E-state index in [1.165, 1.54) is 6.07 Å². The van der Waals surface area contributed by atoms with Crippen molar-refractivity contribution in [1.82, 2.24) is 0 Å². The molecule has 0 fully saturated rings. The van der Waals surface area contributed by atoms with Gasteiger partial charge < -0.3 is 5.11 Å². The van der Waals surface area contributed by atoms with Crippen molar-refractivity contribution in [2.75, 3.05) is 0 Å². The van der Waals surface area contributed by atoms with Gasteiger partial charge in [-0.05, 0) is 24.5 Å². The number of aliphatic hydroxyl groups excluding tert-OH is 1. The molecule has 0 radical (unpaired) electrons. The van der Waals surface area contributed by atoms with E-state index >= 15 is 0 Å². The van der Waals surface area contributed by atoms with Crippen molar-refractivity contribution in [2.24, 2.45) is 5.92 Å². The van der Waals surface area contributed by atoms with Crippen molar-refractivity contribution in [3.05, 3.63) is 71.0 Å². The molecule has 3 atom stereocenters. The van der Waals surface area contributed by atoms with Gasteiger partial charge in [-0.3, -0.25) is 0 Å². The summed E-state index contributed by atoms with van der Waals surface area (Å²) >= 11 is 0. The first kappa shape index (κ1) is 15.7. The van der Waals surface area contributed by atoms with Crippen molar-refractivity contribution >= 4 is 0 Å². The zero-order valence-electron chi connectivity index (χ0n) is 12.9. The Bertz CT molecular complexity index is 579. The molecule has 112 valence electrons. The Balaban J connectivity index is 2.43. The van der Waals surface area contributed by atoms with E-state index in [1.54, 1.807) is 12.1 Å². The molecule has 1 nitrogen and oxygen atoms in total. The summed E-state index contributed by atoms with van der Waals surface area (Å²) in [6.07, 6.45) is 0.103. The van der Waals surface area contributed by atoms with Gasteiger partial charge in [-0.25, -0.2) is 4.39 Å². The van der Waals surface area contributed by atoms with Gasteiger partial charge in [0.25, 0.3) is 0 Å². The minimum Gasteiger partial charge on any atom is -0.388 e. The number of halogens is 1. The largest absolute Gasteiger partial charge is 0.388 e. The number of rotatable bonds is 5. The maximum atomic E-state index is 14.1. The number of hydrogen-bond donors (Lipinski definition) is 1. The maximum absolute atomic E-state index is 14.1. The molecular formula is C19H23FO. The first-order valence-corrected chi connectivity index (χ1v) is 7.53. The lowest BCUT2D eigenvalue weighted by Crippen LogP contribution is -2.19. The Morgan fingerprint density at radius 2 is 1.76 bits per heavy atom. The first-order chi connectivity index (χ1) is 10.0. The summed E-state index contributed by atoms with van der Waals surface area (Å²) in [5.74, 6) is -0.174. The molecule has 0 spiro atoms. The third-order valence-electron chi connectivity index (χ3n) is 4.25. The van der Waals surface area contributed by atoms with Gasteiger partial charge in [0.1, 0.15) is 5.82 Å². The molecule has 0 aliphatic carbocycles. The van der Waals surface area contributed by atoms with Gasteiger partial charge >= 0.3 is 0 Å². The zero-order chi connectivity index (χ0) is 15.4. The maximum Gasteiger partial charge on any atom is 0.129 e. The summed E-state index contributed by atoms with van der Waals surface area (Å²) in [5, 5.41) is 10.8. The van der Waals surface area contributed by atoms with E-state index in [0.29, 0.717) is 5.56 Å². The number of benzene rings is 2. The molecule has 0 aromatic heterocycles. The van der Waals surface area contributed by atoms with E-state index < -0.39 is 6.10 Å². The summed E-state index contributed by atoms with van der Waals surface area (Å²) in [5.41, 5.74) is 2.41. The lowest BCUT2D eigenvalue weighted by molar-refractivity contribution is 0.114. The predicted octanol–water partition coefficient (Wildman–Crippen LogP) is 5.00. The average molecular weight is 286 g/mol. The highest BCUT2D eigenvalue weighted by atomic mass is 19.1. The Labute approximate surface area is 126 Å². The van der Waals surface area contributed by atoms with Gasteiger partial charge in [-0.1, -0.05) is 68.3 Å². The van der Waals surface area contributed by atoms with Crippen molar-refractivity contribution in [3.8, 4) is 0 Å². The molecule has 1 N–H and O–H groups in total. The molecule has 0 saturated carbocycles. The van der Waals surface area contributed by atoms with E-state index in [1.807, 2.05) is 37.3 Å². The van der Waals surface area contributed by atoms with E-state index in [2.05, 4.69) is 13.8 Å². The molecule has 2 rings (SSSR count). The highest BCUT2D eigenvalue weighted by Gasteiger charge is 2.29. The van der Waals surface area contributed by atoms with Crippen molar-refractivity contribution in [1.29, 1.82) is 0 Å². The van der Waals surface area contributed by atoms with Crippen LogP contribution in [0.1, 0.15) is 49.0 Å². The molecule has 0 bridgehead atoms. The van der Waals surface area contributed by atoms with Crippen LogP contribution in [0.2, 0.25) is 0 Å². The van der Waals surface area contributed by atoms with Crippen molar-refractivity contribution < 1.29 is 9.50 Å². The molecule has 0 saturated heterocycles. The summed E-state index contributed by atoms with van der Waals surface area (Å²) in [6.45, 7) is 6.12. The molecule has 2 aromatic rings.